The number of amides is 1. The third-order valence-corrected chi connectivity index (χ3v) is 3.75. The van der Waals surface area contributed by atoms with Crippen molar-refractivity contribution in [1.82, 2.24) is 4.90 Å². The zero-order valence-corrected chi connectivity index (χ0v) is 11.1. The number of nitrogens with zero attached hydrogens (tertiary/aromatic N) is 1. The number of carbonyl (C=O) groups is 2. The SMILES string of the molecule is Cc1oc(Br)c(C)c1C(=O)N1CC(C(=O)O)C1. The van der Waals surface area contributed by atoms with Gasteiger partial charge in [-0.25, -0.2) is 0 Å². The first-order valence-corrected chi connectivity index (χ1v) is 5.98. The Hall–Kier alpha value is -1.30. The van der Waals surface area contributed by atoms with Gasteiger partial charge in [-0.3, -0.25) is 9.59 Å². The molecule has 0 radical (unpaired) electrons. The van der Waals surface area contributed by atoms with Crippen molar-refractivity contribution in [3.63, 3.8) is 0 Å². The van der Waals surface area contributed by atoms with Crippen LogP contribution in [-0.4, -0.2) is 35.0 Å². The van der Waals surface area contributed by atoms with E-state index in [0.717, 1.165) is 5.56 Å². The summed E-state index contributed by atoms with van der Waals surface area (Å²) >= 11 is 3.23. The van der Waals surface area contributed by atoms with Crippen LogP contribution in [0.1, 0.15) is 21.7 Å². The molecule has 0 saturated carbocycles. The number of hydrogen-bond donors (Lipinski definition) is 1. The molecule has 2 heterocycles. The van der Waals surface area contributed by atoms with Gasteiger partial charge in [0, 0.05) is 18.7 Å². The maximum absolute atomic E-state index is 12.1. The summed E-state index contributed by atoms with van der Waals surface area (Å²) in [6.45, 7) is 4.06. The Morgan fingerprint density at radius 3 is 2.41 bits per heavy atom. The van der Waals surface area contributed by atoms with Gasteiger partial charge in [0.25, 0.3) is 5.91 Å². The smallest absolute Gasteiger partial charge is 0.310 e. The van der Waals surface area contributed by atoms with Crippen molar-refractivity contribution in [2.45, 2.75) is 13.8 Å². The molecule has 0 aromatic carbocycles. The number of furan rings is 1. The van der Waals surface area contributed by atoms with Crippen LogP contribution in [0.3, 0.4) is 0 Å². The lowest BCUT2D eigenvalue weighted by molar-refractivity contribution is -0.146. The van der Waals surface area contributed by atoms with Gasteiger partial charge in [0.1, 0.15) is 5.76 Å². The third-order valence-electron chi connectivity index (χ3n) is 3.00. The number of carboxylic acids is 1. The molecule has 2 rings (SSSR count). The highest BCUT2D eigenvalue weighted by Crippen LogP contribution is 2.29. The highest BCUT2D eigenvalue weighted by Gasteiger charge is 2.37. The monoisotopic (exact) mass is 301 g/mol. The van der Waals surface area contributed by atoms with Crippen molar-refractivity contribution < 1.29 is 19.1 Å². The standard InChI is InChI=1S/C11H12BrNO4/c1-5-8(6(2)17-9(5)12)10(14)13-3-7(4-13)11(15)16/h7H,3-4H2,1-2H3,(H,15,16). The number of carbonyl (C=O) groups excluding carboxylic acids is 1. The molecule has 0 atom stereocenters. The fourth-order valence-corrected chi connectivity index (χ4v) is 2.34. The minimum atomic E-state index is -0.851. The second-order valence-corrected chi connectivity index (χ2v) is 4.90. The molecular formula is C11H12BrNO4. The molecule has 1 aliphatic rings. The van der Waals surface area contributed by atoms with E-state index >= 15 is 0 Å². The van der Waals surface area contributed by atoms with E-state index in [-0.39, 0.29) is 19.0 Å². The Bertz CT molecular complexity index is 488. The molecule has 0 bridgehead atoms. The fraction of sp³-hybridized carbons (Fsp3) is 0.455. The van der Waals surface area contributed by atoms with Gasteiger partial charge in [-0.05, 0) is 29.8 Å². The summed E-state index contributed by atoms with van der Waals surface area (Å²) in [6, 6.07) is 0. The molecule has 92 valence electrons. The minimum Gasteiger partial charge on any atom is -0.481 e. The molecule has 1 N–H and O–H groups in total. The number of hydrogen-bond acceptors (Lipinski definition) is 3. The molecule has 1 amide bonds. The summed E-state index contributed by atoms with van der Waals surface area (Å²) in [6.07, 6.45) is 0. The first kappa shape index (κ1) is 12.2. The Labute approximate surface area is 107 Å². The summed E-state index contributed by atoms with van der Waals surface area (Å²) in [5.74, 6) is -0.893. The lowest BCUT2D eigenvalue weighted by atomic mass is 9.98. The zero-order chi connectivity index (χ0) is 12.7. The van der Waals surface area contributed by atoms with Gasteiger partial charge >= 0.3 is 5.97 Å². The molecule has 1 aliphatic heterocycles. The molecule has 1 aromatic heterocycles. The van der Waals surface area contributed by atoms with Crippen LogP contribution >= 0.6 is 15.9 Å². The number of halogens is 1. The van der Waals surface area contributed by atoms with E-state index in [0.29, 0.717) is 16.0 Å². The van der Waals surface area contributed by atoms with Crippen LogP contribution in [0, 0.1) is 19.8 Å². The van der Waals surface area contributed by atoms with Crippen LogP contribution in [0.5, 0.6) is 0 Å². The highest BCUT2D eigenvalue weighted by atomic mass is 79.9. The van der Waals surface area contributed by atoms with Gasteiger partial charge in [-0.2, -0.15) is 0 Å². The summed E-state index contributed by atoms with van der Waals surface area (Å²) in [7, 11) is 0. The predicted molar refractivity (Wildman–Crippen MR) is 62.9 cm³/mol. The van der Waals surface area contributed by atoms with Crippen LogP contribution in [-0.2, 0) is 4.79 Å². The van der Waals surface area contributed by atoms with E-state index in [1.54, 1.807) is 13.8 Å². The van der Waals surface area contributed by atoms with Crippen molar-refractivity contribution in [3.05, 3.63) is 21.6 Å². The Morgan fingerprint density at radius 2 is 2.00 bits per heavy atom. The van der Waals surface area contributed by atoms with Gasteiger partial charge in [-0.15, -0.1) is 0 Å². The van der Waals surface area contributed by atoms with E-state index in [9.17, 15) is 9.59 Å². The quantitative estimate of drug-likeness (QED) is 0.904. The molecule has 0 aliphatic carbocycles. The summed E-state index contributed by atoms with van der Waals surface area (Å²) in [5, 5.41) is 8.75. The van der Waals surface area contributed by atoms with Crippen molar-refractivity contribution in [2.24, 2.45) is 5.92 Å². The van der Waals surface area contributed by atoms with E-state index in [1.807, 2.05) is 0 Å². The van der Waals surface area contributed by atoms with Gasteiger partial charge in [-0.1, -0.05) is 0 Å². The molecular weight excluding hydrogens is 290 g/mol. The largest absolute Gasteiger partial charge is 0.481 e. The van der Waals surface area contributed by atoms with E-state index in [1.165, 1.54) is 4.90 Å². The van der Waals surface area contributed by atoms with Crippen molar-refractivity contribution in [2.75, 3.05) is 13.1 Å². The summed E-state index contributed by atoms with van der Waals surface area (Å²) in [4.78, 5) is 24.3. The number of rotatable bonds is 2. The van der Waals surface area contributed by atoms with Crippen molar-refractivity contribution >= 4 is 27.8 Å². The maximum atomic E-state index is 12.1. The molecule has 1 aromatic rings. The van der Waals surface area contributed by atoms with Gasteiger partial charge < -0.3 is 14.4 Å². The Kier molecular flexibility index (Phi) is 2.99. The summed E-state index contributed by atoms with van der Waals surface area (Å²) < 4.78 is 5.86. The second kappa shape index (κ2) is 4.18. The van der Waals surface area contributed by atoms with E-state index in [2.05, 4.69) is 15.9 Å². The first-order chi connectivity index (χ1) is 7.91. The average Bonchev–Trinajstić information content (AvgIpc) is 2.37. The lowest BCUT2D eigenvalue weighted by Crippen LogP contribution is -2.53. The van der Waals surface area contributed by atoms with E-state index < -0.39 is 11.9 Å². The minimum absolute atomic E-state index is 0.160. The Morgan fingerprint density at radius 1 is 1.41 bits per heavy atom. The van der Waals surface area contributed by atoms with Gasteiger partial charge in [0.2, 0.25) is 0 Å². The number of aliphatic carboxylic acids is 1. The second-order valence-electron chi connectivity index (χ2n) is 4.18. The maximum Gasteiger partial charge on any atom is 0.310 e. The molecule has 6 heteroatoms. The molecule has 0 spiro atoms. The van der Waals surface area contributed by atoms with Crippen molar-refractivity contribution in [1.29, 1.82) is 0 Å². The zero-order valence-electron chi connectivity index (χ0n) is 9.49. The number of carboxylic acid groups (broad SMARTS) is 1. The average molecular weight is 302 g/mol. The molecule has 1 fully saturated rings. The normalized spacial score (nSPS) is 15.8. The van der Waals surface area contributed by atoms with Crippen LogP contribution in [0.25, 0.3) is 0 Å². The molecule has 1 saturated heterocycles. The molecule has 5 nitrogen and oxygen atoms in total. The van der Waals surface area contributed by atoms with Crippen LogP contribution in [0.4, 0.5) is 0 Å². The fourth-order valence-electron chi connectivity index (χ4n) is 1.89. The molecule has 0 unspecified atom stereocenters. The van der Waals surface area contributed by atoms with Crippen LogP contribution < -0.4 is 0 Å². The van der Waals surface area contributed by atoms with E-state index in [4.69, 9.17) is 9.52 Å². The van der Waals surface area contributed by atoms with Gasteiger partial charge in [0.05, 0.1) is 11.5 Å². The first-order valence-electron chi connectivity index (χ1n) is 5.19. The topological polar surface area (TPSA) is 70.8 Å². The van der Waals surface area contributed by atoms with Crippen LogP contribution in [0.15, 0.2) is 9.09 Å². The summed E-state index contributed by atoms with van der Waals surface area (Å²) in [5.41, 5.74) is 1.28. The highest BCUT2D eigenvalue weighted by molar-refractivity contribution is 9.10. The van der Waals surface area contributed by atoms with Gasteiger partial charge in [0.15, 0.2) is 4.67 Å². The Balaban J connectivity index is 2.14. The van der Waals surface area contributed by atoms with Crippen LogP contribution in [0.2, 0.25) is 0 Å². The lowest BCUT2D eigenvalue weighted by Gasteiger charge is -2.36. The number of likely N-dealkylation sites (tertiary alicyclic amines) is 1. The predicted octanol–water partition coefficient (Wildman–Crippen LogP) is 1.82. The third kappa shape index (κ3) is 1.97. The number of aryl methyl sites for hydroxylation is 1. The van der Waals surface area contributed by atoms with Crippen molar-refractivity contribution in [3.8, 4) is 0 Å². The molecule has 17 heavy (non-hydrogen) atoms.